The molecule has 0 saturated carbocycles. The summed E-state index contributed by atoms with van der Waals surface area (Å²) in [5.74, 6) is 1.27. The van der Waals surface area contributed by atoms with Gasteiger partial charge in [-0.3, -0.25) is 0 Å². The summed E-state index contributed by atoms with van der Waals surface area (Å²) in [7, 11) is -0.186. The van der Waals surface area contributed by atoms with E-state index >= 15 is 0 Å². The van der Waals surface area contributed by atoms with E-state index in [-0.39, 0.29) is 23.0 Å². The van der Waals surface area contributed by atoms with Crippen molar-refractivity contribution in [3.05, 3.63) is 121 Å². The number of ether oxygens (including phenoxy) is 1. The van der Waals surface area contributed by atoms with Crippen LogP contribution in [-0.4, -0.2) is 24.4 Å². The molecule has 0 saturated heterocycles. The maximum Gasteiger partial charge on any atom is 0.171 e. The smallest absolute Gasteiger partial charge is 0.171 e. The average molecular weight is 622 g/mol. The van der Waals surface area contributed by atoms with Crippen LogP contribution in [0.2, 0.25) is 0 Å². The Labute approximate surface area is 250 Å². The summed E-state index contributed by atoms with van der Waals surface area (Å²) in [4.78, 5) is 0. The Morgan fingerprint density at radius 1 is 0.795 bits per heavy atom. The molecule has 0 aliphatic carbocycles. The lowest BCUT2D eigenvalue weighted by atomic mass is 10.0. The van der Waals surface area contributed by atoms with Crippen LogP contribution in [0.1, 0.15) is 25.8 Å². The van der Waals surface area contributed by atoms with Crippen LogP contribution in [0.15, 0.2) is 115 Å². The Hall–Kier alpha value is -2.72. The number of benzene rings is 4. The summed E-state index contributed by atoms with van der Waals surface area (Å²) in [6.45, 7) is 4.60. The van der Waals surface area contributed by atoms with Crippen molar-refractivity contribution >= 4 is 40.9 Å². The predicted octanol–water partition coefficient (Wildman–Crippen LogP) is 4.27. The highest BCUT2D eigenvalue weighted by Gasteiger charge is 2.45. The molecular formula is C33H38BrN2OPS. The number of thiocarbonyl (C=S) groups is 1. The van der Waals surface area contributed by atoms with Gasteiger partial charge in [-0.1, -0.05) is 87.0 Å². The van der Waals surface area contributed by atoms with Gasteiger partial charge >= 0.3 is 0 Å². The Bertz CT molecular complexity index is 1230. The molecule has 0 unspecified atom stereocenters. The van der Waals surface area contributed by atoms with E-state index < -0.39 is 7.26 Å². The first kappa shape index (κ1) is 30.8. The van der Waals surface area contributed by atoms with E-state index in [0.29, 0.717) is 11.0 Å². The molecule has 0 spiro atoms. The molecule has 4 rings (SSSR count). The number of methoxy groups -OCH3 is 1. The molecule has 0 bridgehead atoms. The van der Waals surface area contributed by atoms with E-state index in [0.717, 1.165) is 30.2 Å². The predicted molar refractivity (Wildman–Crippen MR) is 170 cm³/mol. The molecule has 0 radical (unpaired) electrons. The second-order valence-electron chi connectivity index (χ2n) is 9.78. The molecule has 4 aromatic carbocycles. The van der Waals surface area contributed by atoms with Crippen LogP contribution in [0.5, 0.6) is 5.75 Å². The highest BCUT2D eigenvalue weighted by atomic mass is 79.9. The van der Waals surface area contributed by atoms with Crippen molar-refractivity contribution in [2.24, 2.45) is 5.92 Å². The molecule has 0 amide bonds. The van der Waals surface area contributed by atoms with Crippen molar-refractivity contribution in [1.29, 1.82) is 0 Å². The van der Waals surface area contributed by atoms with Gasteiger partial charge in [0.1, 0.15) is 5.75 Å². The van der Waals surface area contributed by atoms with Crippen LogP contribution < -0.4 is 43.0 Å². The summed E-state index contributed by atoms with van der Waals surface area (Å²) < 4.78 is 5.30. The molecule has 3 nitrogen and oxygen atoms in total. The van der Waals surface area contributed by atoms with Gasteiger partial charge in [0.15, 0.2) is 5.11 Å². The van der Waals surface area contributed by atoms with Crippen LogP contribution in [0.4, 0.5) is 5.69 Å². The first-order valence-corrected chi connectivity index (χ1v) is 15.8. The second kappa shape index (κ2) is 15.2. The van der Waals surface area contributed by atoms with E-state index in [1.54, 1.807) is 7.11 Å². The number of rotatable bonds is 11. The highest BCUT2D eigenvalue weighted by molar-refractivity contribution is 7.88. The quantitative estimate of drug-likeness (QED) is 0.194. The molecule has 4 aromatic rings. The molecule has 2 N–H and O–H groups in total. The third-order valence-electron chi connectivity index (χ3n) is 7.30. The summed E-state index contributed by atoms with van der Waals surface area (Å²) in [5.41, 5.74) is 2.32. The standard InChI is InChI=1S/C33H37N2OPS.BrH/c1-4-26(2)32(35-33(38)34-28-20-22-29(36-3)23-21-28)25-37(30-16-10-6-11-17-30,31-18-12-7-13-19-31)24-27-14-8-5-9-15-27;/h5-23,26,32H,4,24-25H2,1-3H3,(H-,34,35,38);1H/t26-,32+;/m0./s1. The topological polar surface area (TPSA) is 33.3 Å². The minimum atomic E-state index is -1.86. The lowest BCUT2D eigenvalue weighted by molar-refractivity contribution is -0.00000799. The van der Waals surface area contributed by atoms with Crippen LogP contribution in [-0.2, 0) is 6.16 Å². The number of halogens is 1. The largest absolute Gasteiger partial charge is 1.00 e. The monoisotopic (exact) mass is 620 g/mol. The van der Waals surface area contributed by atoms with E-state index in [2.05, 4.69) is 115 Å². The maximum absolute atomic E-state index is 5.85. The number of anilines is 1. The zero-order chi connectivity index (χ0) is 26.8. The molecular weight excluding hydrogens is 583 g/mol. The van der Waals surface area contributed by atoms with Gasteiger partial charge in [-0.2, -0.15) is 0 Å². The molecule has 0 heterocycles. The minimum Gasteiger partial charge on any atom is -1.00 e. The third-order valence-corrected chi connectivity index (χ3v) is 12.0. The van der Waals surface area contributed by atoms with E-state index in [1.165, 1.54) is 16.2 Å². The maximum atomic E-state index is 5.85. The minimum absolute atomic E-state index is 0. The van der Waals surface area contributed by atoms with Gasteiger partial charge in [0.2, 0.25) is 0 Å². The van der Waals surface area contributed by atoms with E-state index in [1.807, 2.05) is 24.3 Å². The molecule has 39 heavy (non-hydrogen) atoms. The van der Waals surface area contributed by atoms with Gasteiger partial charge in [0.25, 0.3) is 0 Å². The van der Waals surface area contributed by atoms with Crippen molar-refractivity contribution in [2.45, 2.75) is 32.5 Å². The van der Waals surface area contributed by atoms with Gasteiger partial charge in [-0.15, -0.1) is 0 Å². The van der Waals surface area contributed by atoms with Gasteiger partial charge < -0.3 is 32.4 Å². The molecule has 0 aromatic heterocycles. The fourth-order valence-corrected chi connectivity index (χ4v) is 9.85. The van der Waals surface area contributed by atoms with Crippen LogP contribution in [0.3, 0.4) is 0 Å². The van der Waals surface area contributed by atoms with E-state index in [9.17, 15) is 0 Å². The van der Waals surface area contributed by atoms with Gasteiger partial charge in [-0.25, -0.2) is 0 Å². The lowest BCUT2D eigenvalue weighted by Crippen LogP contribution is -3.00. The summed E-state index contributed by atoms with van der Waals surface area (Å²) >= 11 is 5.85. The highest BCUT2D eigenvalue weighted by Crippen LogP contribution is 2.60. The molecule has 6 heteroatoms. The Kier molecular flexibility index (Phi) is 12.0. The van der Waals surface area contributed by atoms with Crippen LogP contribution >= 0.6 is 19.5 Å². The molecule has 0 fully saturated rings. The zero-order valence-electron chi connectivity index (χ0n) is 22.9. The number of hydrogen-bond donors (Lipinski definition) is 2. The number of nitrogens with one attached hydrogen (secondary N) is 2. The van der Waals surface area contributed by atoms with Gasteiger partial charge in [0, 0.05) is 5.69 Å². The lowest BCUT2D eigenvalue weighted by Gasteiger charge is -2.34. The summed E-state index contributed by atoms with van der Waals surface area (Å²) in [6.07, 6.45) is 3.09. The fraction of sp³-hybridized carbons (Fsp3) is 0.242. The SMILES string of the molecule is CC[C@H](C)[C@@H](C[P+](Cc1ccccc1)(c1ccccc1)c1ccccc1)NC(=S)Nc1ccc(OC)cc1.[Br-]. The van der Waals surface area contributed by atoms with Crippen molar-refractivity contribution < 1.29 is 21.7 Å². The summed E-state index contributed by atoms with van der Waals surface area (Å²) in [5, 5.41) is 10.6. The first-order chi connectivity index (χ1) is 18.5. The van der Waals surface area contributed by atoms with Crippen molar-refractivity contribution in [2.75, 3.05) is 18.6 Å². The van der Waals surface area contributed by atoms with Gasteiger partial charge in [-0.05, 0) is 72.2 Å². The molecule has 0 aliphatic rings. The number of hydrogen-bond acceptors (Lipinski definition) is 2. The fourth-order valence-electron chi connectivity index (χ4n) is 4.93. The first-order valence-electron chi connectivity index (χ1n) is 13.3. The Balaban J connectivity index is 0.00000420. The van der Waals surface area contributed by atoms with Crippen LogP contribution in [0, 0.1) is 5.92 Å². The van der Waals surface area contributed by atoms with E-state index in [4.69, 9.17) is 17.0 Å². The summed E-state index contributed by atoms with van der Waals surface area (Å²) in [6, 6.07) is 41.3. The third kappa shape index (κ3) is 8.14. The van der Waals surface area contributed by atoms with Crippen molar-refractivity contribution in [3.63, 3.8) is 0 Å². The van der Waals surface area contributed by atoms with Gasteiger partial charge in [0.05, 0.1) is 43.3 Å². The Morgan fingerprint density at radius 3 is 1.79 bits per heavy atom. The zero-order valence-corrected chi connectivity index (χ0v) is 26.2. The van der Waals surface area contributed by atoms with Crippen LogP contribution in [0.25, 0.3) is 0 Å². The second-order valence-corrected chi connectivity index (χ2v) is 13.8. The molecule has 204 valence electrons. The average Bonchev–Trinajstić information content (AvgIpc) is 2.97. The molecule has 0 aliphatic heterocycles. The normalized spacial score (nSPS) is 12.5. The molecule has 2 atom stereocenters. The van der Waals surface area contributed by atoms with Crippen molar-refractivity contribution in [1.82, 2.24) is 5.32 Å². The Morgan fingerprint density at radius 2 is 1.31 bits per heavy atom. The van der Waals surface area contributed by atoms with Crippen molar-refractivity contribution in [3.8, 4) is 5.75 Å².